The highest BCUT2D eigenvalue weighted by molar-refractivity contribution is 7.47. The van der Waals surface area contributed by atoms with Crippen molar-refractivity contribution in [3.63, 3.8) is 0 Å². The molecule has 0 spiro atoms. The third-order valence-corrected chi connectivity index (χ3v) is 20.7. The number of esters is 4. The molecule has 19 heteroatoms. The number of aliphatic hydroxyl groups is 1. The maximum Gasteiger partial charge on any atom is 0.472 e. The van der Waals surface area contributed by atoms with Gasteiger partial charge in [-0.2, -0.15) is 0 Å². The van der Waals surface area contributed by atoms with E-state index in [0.29, 0.717) is 31.6 Å². The lowest BCUT2D eigenvalue weighted by Gasteiger charge is -2.21. The Morgan fingerprint density at radius 2 is 0.420 bits per heavy atom. The molecule has 3 N–H and O–H groups in total. The van der Waals surface area contributed by atoms with Gasteiger partial charge in [0.2, 0.25) is 0 Å². The zero-order valence-electron chi connectivity index (χ0n) is 65.8. The summed E-state index contributed by atoms with van der Waals surface area (Å²) in [6.07, 6.45) is 57.0. The Morgan fingerprint density at radius 1 is 0.250 bits per heavy atom. The summed E-state index contributed by atoms with van der Waals surface area (Å²) in [5.41, 5.74) is 0. The van der Waals surface area contributed by atoms with E-state index in [1.165, 1.54) is 212 Å². The van der Waals surface area contributed by atoms with Crippen molar-refractivity contribution in [2.24, 2.45) is 23.7 Å². The minimum Gasteiger partial charge on any atom is -0.462 e. The number of ether oxygens (including phenoxy) is 4. The smallest absolute Gasteiger partial charge is 0.462 e. The Labute approximate surface area is 613 Å². The first-order chi connectivity index (χ1) is 48.1. The highest BCUT2D eigenvalue weighted by atomic mass is 31.2. The van der Waals surface area contributed by atoms with Gasteiger partial charge in [0.05, 0.1) is 26.4 Å². The lowest BCUT2D eigenvalue weighted by molar-refractivity contribution is -0.161. The van der Waals surface area contributed by atoms with Crippen LogP contribution in [0, 0.1) is 23.7 Å². The molecule has 0 heterocycles. The van der Waals surface area contributed by atoms with Gasteiger partial charge >= 0.3 is 39.5 Å². The first-order valence-corrected chi connectivity index (χ1v) is 44.7. The molecule has 0 aliphatic rings. The van der Waals surface area contributed by atoms with Gasteiger partial charge in [-0.1, -0.05) is 364 Å². The second kappa shape index (κ2) is 70.1. The molecule has 0 rings (SSSR count). The number of hydrogen-bond acceptors (Lipinski definition) is 15. The number of hydrogen-bond donors (Lipinski definition) is 3. The molecule has 0 saturated carbocycles. The van der Waals surface area contributed by atoms with E-state index in [1.807, 2.05) is 0 Å². The fraction of sp³-hybridized carbons (Fsp3) is 0.951. The van der Waals surface area contributed by atoms with Gasteiger partial charge in [0.25, 0.3) is 0 Å². The van der Waals surface area contributed by atoms with Crippen molar-refractivity contribution < 1.29 is 80.2 Å². The standard InChI is InChI=1S/C81H158O17P2/c1-71(2)57-49-41-33-26-20-15-11-9-10-12-18-24-30-38-47-55-63-80(85)98-77(68-92-79(84)62-54-46-40-32-36-44-52-60-74(7)8)70-96-100(89,90)94-66-75(82)65-93-99(87,88)95-69-76(97-81(86)64-56-48-39-31-25-19-22-28-35-43-51-59-73(5)6)67-91-78(83)61-53-45-37-29-23-17-14-13-16-21-27-34-42-50-58-72(3)4/h71-77,82H,9-70H2,1-8H3,(H,87,88)(H,89,90)/t75?,76-,77-/m1/s1. The molecule has 0 radical (unpaired) electrons. The van der Waals surface area contributed by atoms with Crippen molar-refractivity contribution in [2.75, 3.05) is 39.6 Å². The monoisotopic (exact) mass is 1470 g/mol. The average molecular weight is 1470 g/mol. The maximum atomic E-state index is 13.1. The van der Waals surface area contributed by atoms with Crippen LogP contribution in [0.4, 0.5) is 0 Å². The fourth-order valence-electron chi connectivity index (χ4n) is 12.4. The van der Waals surface area contributed by atoms with Crippen LogP contribution in [-0.4, -0.2) is 96.7 Å². The summed E-state index contributed by atoms with van der Waals surface area (Å²) in [5.74, 6) is 0.964. The zero-order valence-corrected chi connectivity index (χ0v) is 67.6. The summed E-state index contributed by atoms with van der Waals surface area (Å²) in [5, 5.41) is 10.6. The molecule has 3 unspecified atom stereocenters. The molecule has 5 atom stereocenters. The molecule has 17 nitrogen and oxygen atoms in total. The van der Waals surface area contributed by atoms with Gasteiger partial charge < -0.3 is 33.8 Å². The van der Waals surface area contributed by atoms with Crippen LogP contribution in [0.5, 0.6) is 0 Å². The molecule has 0 aromatic carbocycles. The van der Waals surface area contributed by atoms with Crippen LogP contribution in [0.15, 0.2) is 0 Å². The van der Waals surface area contributed by atoms with Crippen LogP contribution in [0.2, 0.25) is 0 Å². The average Bonchev–Trinajstić information content (AvgIpc) is 1.31. The summed E-state index contributed by atoms with van der Waals surface area (Å²) in [6, 6.07) is 0. The summed E-state index contributed by atoms with van der Waals surface area (Å²) in [6.45, 7) is 14.2. The van der Waals surface area contributed by atoms with Crippen LogP contribution in [0.3, 0.4) is 0 Å². The van der Waals surface area contributed by atoms with E-state index in [1.54, 1.807) is 0 Å². The Kier molecular flexibility index (Phi) is 68.7. The molecular weight excluding hydrogens is 1310 g/mol. The summed E-state index contributed by atoms with van der Waals surface area (Å²) in [4.78, 5) is 73.0. The van der Waals surface area contributed by atoms with Crippen LogP contribution < -0.4 is 0 Å². The molecule has 594 valence electrons. The molecule has 0 saturated heterocycles. The summed E-state index contributed by atoms with van der Waals surface area (Å²) in [7, 11) is -9.92. The van der Waals surface area contributed by atoms with Gasteiger partial charge in [0, 0.05) is 25.7 Å². The van der Waals surface area contributed by atoms with Gasteiger partial charge in [-0.15, -0.1) is 0 Å². The lowest BCUT2D eigenvalue weighted by Crippen LogP contribution is -2.30. The largest absolute Gasteiger partial charge is 0.472 e. The molecule has 0 aliphatic carbocycles. The molecule has 0 aromatic rings. The SMILES string of the molecule is CC(C)CCCCCCCCCCCCCCCCCCC(=O)O[C@H](COC(=O)CCCCCCCCCC(C)C)COP(=O)(O)OCC(O)COP(=O)(O)OC[C@@H](COC(=O)CCCCCCCCCCCCCCCCC(C)C)OC(=O)CCCCCCCCCCCCCC(C)C. The quantitative estimate of drug-likeness (QED) is 0.0222. The minimum absolute atomic E-state index is 0.106. The number of carbonyl (C=O) groups is 4. The number of rotatable bonds is 78. The predicted octanol–water partition coefficient (Wildman–Crippen LogP) is 24.0. The Hall–Kier alpha value is -1.94. The Morgan fingerprint density at radius 3 is 0.620 bits per heavy atom. The number of unbranched alkanes of at least 4 members (excludes halogenated alkanes) is 44. The second-order valence-electron chi connectivity index (χ2n) is 31.1. The molecule has 0 aromatic heterocycles. The summed E-state index contributed by atoms with van der Waals surface area (Å²) < 4.78 is 68.7. The number of carbonyl (C=O) groups excluding carboxylic acids is 4. The van der Waals surface area contributed by atoms with Crippen molar-refractivity contribution in [3.8, 4) is 0 Å². The van der Waals surface area contributed by atoms with Crippen molar-refractivity contribution in [1.82, 2.24) is 0 Å². The van der Waals surface area contributed by atoms with Gasteiger partial charge in [0.15, 0.2) is 12.2 Å². The molecule has 100 heavy (non-hydrogen) atoms. The van der Waals surface area contributed by atoms with Crippen molar-refractivity contribution >= 4 is 39.5 Å². The van der Waals surface area contributed by atoms with Crippen molar-refractivity contribution in [2.45, 2.75) is 433 Å². The minimum atomic E-state index is -4.96. The number of aliphatic hydroxyl groups excluding tert-OH is 1. The molecule has 0 amide bonds. The van der Waals surface area contributed by atoms with Crippen molar-refractivity contribution in [3.05, 3.63) is 0 Å². The maximum absolute atomic E-state index is 13.1. The van der Waals surface area contributed by atoms with E-state index in [2.05, 4.69) is 55.4 Å². The van der Waals surface area contributed by atoms with Crippen LogP contribution >= 0.6 is 15.6 Å². The molecule has 0 fully saturated rings. The number of phosphoric ester groups is 2. The molecule has 0 bridgehead atoms. The van der Waals surface area contributed by atoms with Crippen LogP contribution in [0.25, 0.3) is 0 Å². The first-order valence-electron chi connectivity index (χ1n) is 41.7. The summed E-state index contributed by atoms with van der Waals surface area (Å²) >= 11 is 0. The van der Waals surface area contributed by atoms with Crippen molar-refractivity contribution in [1.29, 1.82) is 0 Å². The van der Waals surface area contributed by atoms with Gasteiger partial charge in [0.1, 0.15) is 19.3 Å². The lowest BCUT2D eigenvalue weighted by atomic mass is 10.0. The van der Waals surface area contributed by atoms with E-state index < -0.39 is 97.5 Å². The van der Waals surface area contributed by atoms with E-state index in [9.17, 15) is 43.2 Å². The van der Waals surface area contributed by atoms with E-state index in [0.717, 1.165) is 114 Å². The number of phosphoric acid groups is 2. The third-order valence-electron chi connectivity index (χ3n) is 18.8. The van der Waals surface area contributed by atoms with Gasteiger partial charge in [-0.3, -0.25) is 37.3 Å². The second-order valence-corrected chi connectivity index (χ2v) is 34.0. The third kappa shape index (κ3) is 74.3. The highest BCUT2D eigenvalue weighted by Crippen LogP contribution is 2.45. The zero-order chi connectivity index (χ0) is 73.8. The van der Waals surface area contributed by atoms with Gasteiger partial charge in [-0.05, 0) is 49.4 Å². The highest BCUT2D eigenvalue weighted by Gasteiger charge is 2.30. The van der Waals surface area contributed by atoms with E-state index in [4.69, 9.17) is 37.0 Å². The predicted molar refractivity (Wildman–Crippen MR) is 409 cm³/mol. The Bertz CT molecular complexity index is 1950. The van der Waals surface area contributed by atoms with E-state index in [-0.39, 0.29) is 25.7 Å². The fourth-order valence-corrected chi connectivity index (χ4v) is 14.0. The van der Waals surface area contributed by atoms with E-state index >= 15 is 0 Å². The normalized spacial score (nSPS) is 14.0. The topological polar surface area (TPSA) is 237 Å². The van der Waals surface area contributed by atoms with Crippen LogP contribution in [-0.2, 0) is 65.4 Å². The molecular formula is C81H158O17P2. The van der Waals surface area contributed by atoms with Crippen LogP contribution in [0.1, 0.15) is 415 Å². The first kappa shape index (κ1) is 98.1. The molecule has 0 aliphatic heterocycles. The Balaban J connectivity index is 5.22. The van der Waals surface area contributed by atoms with Gasteiger partial charge in [-0.25, -0.2) is 9.13 Å².